The Hall–Kier alpha value is -1.44. The predicted molar refractivity (Wildman–Crippen MR) is 92.9 cm³/mol. The van der Waals surface area contributed by atoms with Crippen LogP contribution in [0.25, 0.3) is 0 Å². The van der Waals surface area contributed by atoms with Crippen LogP contribution in [0.2, 0.25) is 0 Å². The van der Waals surface area contributed by atoms with E-state index in [0.717, 1.165) is 30.8 Å². The van der Waals surface area contributed by atoms with Gasteiger partial charge in [0.1, 0.15) is 6.10 Å². The summed E-state index contributed by atoms with van der Waals surface area (Å²) in [5.74, 6) is 0.151. The number of thiophene rings is 1. The predicted octanol–water partition coefficient (Wildman–Crippen LogP) is 1.25. The number of hydrogen-bond acceptors (Lipinski definition) is 5. The van der Waals surface area contributed by atoms with Gasteiger partial charge in [0.05, 0.1) is 12.6 Å². The highest BCUT2D eigenvalue weighted by Crippen LogP contribution is 2.18. The molecule has 0 radical (unpaired) electrons. The first-order valence-electron chi connectivity index (χ1n) is 8.59. The third-order valence-electron chi connectivity index (χ3n) is 4.60. The van der Waals surface area contributed by atoms with Crippen LogP contribution in [-0.2, 0) is 14.3 Å². The van der Waals surface area contributed by atoms with Crippen molar-refractivity contribution in [2.45, 2.75) is 31.9 Å². The number of ether oxygens (including phenoxy) is 1. The average Bonchev–Trinajstić information content (AvgIpc) is 3.28. The molecule has 0 spiro atoms. The fourth-order valence-corrected chi connectivity index (χ4v) is 3.94. The van der Waals surface area contributed by atoms with Gasteiger partial charge in [0, 0.05) is 37.7 Å². The number of rotatable bonds is 5. The lowest BCUT2D eigenvalue weighted by atomic mass is 10.2. The minimum atomic E-state index is -0.244. The highest BCUT2D eigenvalue weighted by Gasteiger charge is 2.30. The zero-order chi connectivity index (χ0) is 16.9. The summed E-state index contributed by atoms with van der Waals surface area (Å²) in [6.45, 7) is 5.90. The van der Waals surface area contributed by atoms with Gasteiger partial charge in [-0.3, -0.25) is 14.5 Å². The van der Waals surface area contributed by atoms with E-state index in [1.807, 2.05) is 29.3 Å². The molecule has 2 fully saturated rings. The van der Waals surface area contributed by atoms with E-state index in [2.05, 4.69) is 10.2 Å². The van der Waals surface area contributed by atoms with Crippen LogP contribution in [0.3, 0.4) is 0 Å². The molecule has 1 aromatic rings. The van der Waals surface area contributed by atoms with Crippen molar-refractivity contribution in [3.05, 3.63) is 22.4 Å². The fourth-order valence-electron chi connectivity index (χ4n) is 3.20. The molecule has 132 valence electrons. The largest absolute Gasteiger partial charge is 0.368 e. The Morgan fingerprint density at radius 1 is 1.38 bits per heavy atom. The van der Waals surface area contributed by atoms with Crippen molar-refractivity contribution in [2.24, 2.45) is 0 Å². The lowest BCUT2D eigenvalue weighted by Crippen LogP contribution is -2.53. The molecule has 2 aliphatic heterocycles. The lowest BCUT2D eigenvalue weighted by molar-refractivity contribution is -0.142. The molecule has 2 atom stereocenters. The van der Waals surface area contributed by atoms with Gasteiger partial charge >= 0.3 is 0 Å². The number of nitrogens with zero attached hydrogens (tertiary/aromatic N) is 2. The first-order valence-corrected chi connectivity index (χ1v) is 9.47. The van der Waals surface area contributed by atoms with Gasteiger partial charge in [-0.2, -0.15) is 0 Å². The minimum Gasteiger partial charge on any atom is -0.368 e. The van der Waals surface area contributed by atoms with E-state index in [1.54, 1.807) is 11.3 Å². The monoisotopic (exact) mass is 351 g/mol. The van der Waals surface area contributed by atoms with Gasteiger partial charge in [-0.25, -0.2) is 0 Å². The van der Waals surface area contributed by atoms with Crippen LogP contribution in [0.4, 0.5) is 0 Å². The number of carbonyl (C=O) groups excluding carboxylic acids is 2. The zero-order valence-electron chi connectivity index (χ0n) is 14.1. The summed E-state index contributed by atoms with van der Waals surface area (Å²) in [5, 5.41) is 5.05. The molecule has 2 aliphatic rings. The number of hydrogen-bond donors (Lipinski definition) is 1. The molecule has 7 heteroatoms. The van der Waals surface area contributed by atoms with Crippen LogP contribution in [0.5, 0.6) is 0 Å². The molecule has 2 unspecified atom stereocenters. The van der Waals surface area contributed by atoms with Gasteiger partial charge in [0.15, 0.2) is 0 Å². The van der Waals surface area contributed by atoms with Crippen LogP contribution >= 0.6 is 11.3 Å². The summed E-state index contributed by atoms with van der Waals surface area (Å²) >= 11 is 1.65. The van der Waals surface area contributed by atoms with Crippen LogP contribution < -0.4 is 5.32 Å². The molecule has 24 heavy (non-hydrogen) atoms. The van der Waals surface area contributed by atoms with E-state index in [9.17, 15) is 9.59 Å². The van der Waals surface area contributed by atoms with Crippen molar-refractivity contribution in [1.82, 2.24) is 15.1 Å². The van der Waals surface area contributed by atoms with Crippen LogP contribution in [0, 0.1) is 0 Å². The van der Waals surface area contributed by atoms with E-state index in [-0.39, 0.29) is 24.0 Å². The highest BCUT2D eigenvalue weighted by molar-refractivity contribution is 7.10. The van der Waals surface area contributed by atoms with E-state index >= 15 is 0 Å². The molecule has 1 aromatic heterocycles. The second-order valence-corrected chi connectivity index (χ2v) is 7.39. The van der Waals surface area contributed by atoms with Gasteiger partial charge in [-0.15, -0.1) is 11.3 Å². The maximum absolute atomic E-state index is 12.3. The van der Waals surface area contributed by atoms with Gasteiger partial charge < -0.3 is 15.0 Å². The minimum absolute atomic E-state index is 0.0369. The quantitative estimate of drug-likeness (QED) is 0.867. The van der Waals surface area contributed by atoms with Crippen LogP contribution in [0.1, 0.15) is 30.7 Å². The van der Waals surface area contributed by atoms with Crippen molar-refractivity contribution >= 4 is 23.2 Å². The number of nitrogens with one attached hydrogen (secondary N) is 1. The first kappa shape index (κ1) is 17.4. The van der Waals surface area contributed by atoms with E-state index in [1.165, 1.54) is 0 Å². The summed E-state index contributed by atoms with van der Waals surface area (Å²) < 4.78 is 5.47. The first-order chi connectivity index (χ1) is 11.6. The average molecular weight is 351 g/mol. The second-order valence-electron chi connectivity index (χ2n) is 6.41. The maximum Gasteiger partial charge on any atom is 0.251 e. The maximum atomic E-state index is 12.3. The van der Waals surface area contributed by atoms with Crippen LogP contribution in [-0.4, -0.2) is 67.0 Å². The highest BCUT2D eigenvalue weighted by atomic mass is 32.1. The van der Waals surface area contributed by atoms with Crippen molar-refractivity contribution in [3.63, 3.8) is 0 Å². The molecule has 2 saturated heterocycles. The normalized spacial score (nSPS) is 23.2. The fraction of sp³-hybridized carbons (Fsp3) is 0.647. The molecular formula is C17H25N3O3S. The molecule has 0 aliphatic carbocycles. The third-order valence-corrected chi connectivity index (χ3v) is 5.66. The topological polar surface area (TPSA) is 61.9 Å². The van der Waals surface area contributed by atoms with Gasteiger partial charge in [0.25, 0.3) is 5.91 Å². The lowest BCUT2D eigenvalue weighted by Gasteiger charge is -2.35. The molecule has 0 aromatic carbocycles. The van der Waals surface area contributed by atoms with Crippen LogP contribution in [0.15, 0.2) is 17.5 Å². The number of amides is 2. The Labute approximate surface area is 146 Å². The number of carbonyl (C=O) groups is 2. The van der Waals surface area contributed by atoms with E-state index in [4.69, 9.17) is 4.74 Å². The molecule has 6 nitrogen and oxygen atoms in total. The molecule has 2 amide bonds. The van der Waals surface area contributed by atoms with Crippen molar-refractivity contribution < 1.29 is 14.3 Å². The second kappa shape index (κ2) is 8.09. The smallest absolute Gasteiger partial charge is 0.251 e. The summed E-state index contributed by atoms with van der Waals surface area (Å²) in [6, 6.07) is 4.07. The Morgan fingerprint density at radius 2 is 2.17 bits per heavy atom. The van der Waals surface area contributed by atoms with E-state index < -0.39 is 0 Å². The summed E-state index contributed by atoms with van der Waals surface area (Å²) in [4.78, 5) is 29.6. The van der Waals surface area contributed by atoms with Crippen molar-refractivity contribution in [2.75, 3.05) is 39.3 Å². The molecule has 3 rings (SSSR count). The molecular weight excluding hydrogens is 326 g/mol. The third kappa shape index (κ3) is 4.34. The van der Waals surface area contributed by atoms with Crippen molar-refractivity contribution in [1.29, 1.82) is 0 Å². The SMILES string of the molecule is CC(NC(=O)CN1CCN(C(=O)C2CCCO2)CC1)c1cccs1. The Morgan fingerprint density at radius 3 is 2.79 bits per heavy atom. The molecule has 0 saturated carbocycles. The summed E-state index contributed by atoms with van der Waals surface area (Å²) in [5.41, 5.74) is 0. The Kier molecular flexibility index (Phi) is 5.86. The standard InChI is InChI=1S/C17H25N3O3S/c1-13(15-5-3-11-24-15)18-16(21)12-19-6-8-20(9-7-19)17(22)14-4-2-10-23-14/h3,5,11,13-14H,2,4,6-10,12H2,1H3,(H,18,21). The van der Waals surface area contributed by atoms with E-state index in [0.29, 0.717) is 26.2 Å². The van der Waals surface area contributed by atoms with Crippen molar-refractivity contribution in [3.8, 4) is 0 Å². The van der Waals surface area contributed by atoms with Gasteiger partial charge in [-0.05, 0) is 31.2 Å². The molecule has 1 N–H and O–H groups in total. The summed E-state index contributed by atoms with van der Waals surface area (Å²) in [7, 11) is 0. The molecule has 0 bridgehead atoms. The zero-order valence-corrected chi connectivity index (χ0v) is 14.9. The Bertz CT molecular complexity index is 549. The number of piperazine rings is 1. The van der Waals surface area contributed by atoms with Gasteiger partial charge in [-0.1, -0.05) is 6.07 Å². The van der Waals surface area contributed by atoms with Gasteiger partial charge in [0.2, 0.25) is 5.91 Å². The summed E-state index contributed by atoms with van der Waals surface area (Å²) in [6.07, 6.45) is 1.56. The molecule has 3 heterocycles. The Balaban J connectivity index is 1.40.